The number of carboxylic acids is 1. The number of H-pyrrole nitrogens is 1. The lowest BCUT2D eigenvalue weighted by atomic mass is 10.3. The van der Waals surface area contributed by atoms with Crippen LogP contribution in [0.15, 0.2) is 15.8 Å². The van der Waals surface area contributed by atoms with Gasteiger partial charge in [0.1, 0.15) is 5.56 Å². The van der Waals surface area contributed by atoms with Crippen molar-refractivity contribution in [3.63, 3.8) is 0 Å². The van der Waals surface area contributed by atoms with Crippen molar-refractivity contribution in [2.75, 3.05) is 13.2 Å². The molecule has 0 atom stereocenters. The molecule has 7 nitrogen and oxygen atoms in total. The molecule has 0 aliphatic carbocycles. The number of unbranched alkanes of at least 4 members (excludes halogenated alkanes) is 1. The Morgan fingerprint density at radius 1 is 1.44 bits per heavy atom. The highest BCUT2D eigenvalue weighted by Gasteiger charge is 2.11. The molecule has 1 aromatic rings. The van der Waals surface area contributed by atoms with E-state index in [1.807, 2.05) is 11.9 Å². The van der Waals surface area contributed by atoms with Gasteiger partial charge in [0.15, 0.2) is 0 Å². The largest absolute Gasteiger partial charge is 0.477 e. The molecule has 0 radical (unpaired) electrons. The highest BCUT2D eigenvalue weighted by molar-refractivity contribution is 5.86. The molecule has 0 bridgehead atoms. The lowest BCUT2D eigenvalue weighted by Crippen LogP contribution is -2.34. The van der Waals surface area contributed by atoms with E-state index in [2.05, 4.69) is 0 Å². The van der Waals surface area contributed by atoms with Gasteiger partial charge in [-0.05, 0) is 6.42 Å². The summed E-state index contributed by atoms with van der Waals surface area (Å²) in [5.41, 5.74) is -1.98. The highest BCUT2D eigenvalue weighted by atomic mass is 16.5. The summed E-state index contributed by atoms with van der Waals surface area (Å²) in [6.07, 6.45) is 2.98. The second kappa shape index (κ2) is 6.75. The Hall–Kier alpha value is -1.89. The predicted octanol–water partition coefficient (Wildman–Crippen LogP) is 0.0515. The number of nitrogens with one attached hydrogen (secondary N) is 1. The van der Waals surface area contributed by atoms with E-state index in [4.69, 9.17) is 9.84 Å². The zero-order valence-corrected chi connectivity index (χ0v) is 10.1. The Bertz CT molecular complexity index is 517. The molecule has 0 aliphatic rings. The average Bonchev–Trinajstić information content (AvgIpc) is 2.30. The fourth-order valence-electron chi connectivity index (χ4n) is 1.34. The number of carbonyl (C=O) groups is 1. The van der Waals surface area contributed by atoms with E-state index in [9.17, 15) is 14.4 Å². The van der Waals surface area contributed by atoms with E-state index >= 15 is 0 Å². The van der Waals surface area contributed by atoms with Gasteiger partial charge in [-0.1, -0.05) is 13.3 Å². The Balaban J connectivity index is 2.71. The standard InChI is InChI=1S/C11H16N2O5/c1-2-3-5-18-6-4-13-7-8(10(15)16)9(14)12-11(13)17/h7H,2-6H2,1H3,(H,15,16)(H,12,14,17). The maximum Gasteiger partial charge on any atom is 0.342 e. The molecule has 18 heavy (non-hydrogen) atoms. The van der Waals surface area contributed by atoms with Gasteiger partial charge in [0.2, 0.25) is 0 Å². The van der Waals surface area contributed by atoms with E-state index < -0.39 is 22.8 Å². The molecule has 0 fully saturated rings. The van der Waals surface area contributed by atoms with Crippen LogP contribution in [0.2, 0.25) is 0 Å². The lowest BCUT2D eigenvalue weighted by Gasteiger charge is -2.06. The molecule has 0 spiro atoms. The molecule has 1 aromatic heterocycles. The number of rotatable bonds is 7. The topological polar surface area (TPSA) is 101 Å². The van der Waals surface area contributed by atoms with Gasteiger partial charge < -0.3 is 9.84 Å². The summed E-state index contributed by atoms with van der Waals surface area (Å²) in [6.45, 7) is 3.14. The molecule has 0 saturated heterocycles. The van der Waals surface area contributed by atoms with Crippen molar-refractivity contribution in [1.29, 1.82) is 0 Å². The Morgan fingerprint density at radius 3 is 2.78 bits per heavy atom. The third-order valence-corrected chi connectivity index (χ3v) is 2.36. The van der Waals surface area contributed by atoms with Crippen molar-refractivity contribution < 1.29 is 14.6 Å². The molecule has 0 saturated carbocycles. The third kappa shape index (κ3) is 3.85. The Morgan fingerprint density at radius 2 is 2.17 bits per heavy atom. The summed E-state index contributed by atoms with van der Waals surface area (Å²) in [6, 6.07) is 0. The van der Waals surface area contributed by atoms with Crippen LogP contribution in [0.4, 0.5) is 0 Å². The van der Waals surface area contributed by atoms with Gasteiger partial charge in [0, 0.05) is 12.8 Å². The first-order chi connectivity index (χ1) is 8.56. The molecular formula is C11H16N2O5. The van der Waals surface area contributed by atoms with Gasteiger partial charge in [-0.15, -0.1) is 0 Å². The summed E-state index contributed by atoms with van der Waals surface area (Å²) >= 11 is 0. The van der Waals surface area contributed by atoms with Crippen LogP contribution >= 0.6 is 0 Å². The van der Waals surface area contributed by atoms with Crippen LogP contribution < -0.4 is 11.2 Å². The maximum atomic E-state index is 11.4. The van der Waals surface area contributed by atoms with Crippen LogP contribution in [-0.4, -0.2) is 33.8 Å². The van der Waals surface area contributed by atoms with Crippen LogP contribution in [0.25, 0.3) is 0 Å². The van der Waals surface area contributed by atoms with E-state index in [-0.39, 0.29) is 6.54 Å². The fourth-order valence-corrected chi connectivity index (χ4v) is 1.34. The Labute approximate surface area is 103 Å². The molecule has 100 valence electrons. The summed E-state index contributed by atoms with van der Waals surface area (Å²) in [5, 5.41) is 8.76. The number of aromatic nitrogens is 2. The molecule has 1 heterocycles. The minimum atomic E-state index is -1.36. The molecule has 0 unspecified atom stereocenters. The van der Waals surface area contributed by atoms with Gasteiger partial charge in [-0.25, -0.2) is 9.59 Å². The predicted molar refractivity (Wildman–Crippen MR) is 64.0 cm³/mol. The first-order valence-corrected chi connectivity index (χ1v) is 5.71. The van der Waals surface area contributed by atoms with Gasteiger partial charge in [0.25, 0.3) is 5.56 Å². The summed E-state index contributed by atoms with van der Waals surface area (Å²) < 4.78 is 6.39. The summed E-state index contributed by atoms with van der Waals surface area (Å²) in [7, 11) is 0. The molecule has 0 aliphatic heterocycles. The summed E-state index contributed by atoms with van der Waals surface area (Å²) in [5.74, 6) is -1.36. The molecule has 7 heteroatoms. The normalized spacial score (nSPS) is 10.5. The average molecular weight is 256 g/mol. The molecular weight excluding hydrogens is 240 g/mol. The van der Waals surface area contributed by atoms with Crippen molar-refractivity contribution in [1.82, 2.24) is 9.55 Å². The monoisotopic (exact) mass is 256 g/mol. The van der Waals surface area contributed by atoms with Crippen LogP contribution in [0.5, 0.6) is 0 Å². The SMILES string of the molecule is CCCCOCCn1cc(C(=O)O)c(=O)[nH]c1=O. The molecule has 1 rings (SSSR count). The number of nitrogens with zero attached hydrogens (tertiary/aromatic N) is 1. The smallest absolute Gasteiger partial charge is 0.342 e. The lowest BCUT2D eigenvalue weighted by molar-refractivity contribution is 0.0692. The van der Waals surface area contributed by atoms with Crippen LogP contribution in [-0.2, 0) is 11.3 Å². The number of ether oxygens (including phenoxy) is 1. The van der Waals surface area contributed by atoms with Crippen LogP contribution in [0.3, 0.4) is 0 Å². The fraction of sp³-hybridized carbons (Fsp3) is 0.545. The number of aromatic amines is 1. The van der Waals surface area contributed by atoms with Crippen LogP contribution in [0.1, 0.15) is 30.1 Å². The van der Waals surface area contributed by atoms with E-state index in [0.29, 0.717) is 13.2 Å². The highest BCUT2D eigenvalue weighted by Crippen LogP contribution is 1.91. The van der Waals surface area contributed by atoms with Crippen molar-refractivity contribution >= 4 is 5.97 Å². The first-order valence-electron chi connectivity index (χ1n) is 5.71. The molecule has 0 aromatic carbocycles. The minimum absolute atomic E-state index is 0.208. The van der Waals surface area contributed by atoms with E-state index in [1.54, 1.807) is 0 Å². The van der Waals surface area contributed by atoms with E-state index in [1.165, 1.54) is 0 Å². The maximum absolute atomic E-state index is 11.4. The number of hydrogen-bond donors (Lipinski definition) is 2. The zero-order chi connectivity index (χ0) is 13.5. The van der Waals surface area contributed by atoms with Gasteiger partial charge in [-0.3, -0.25) is 14.3 Å². The van der Waals surface area contributed by atoms with E-state index in [0.717, 1.165) is 23.6 Å². The Kier molecular flexibility index (Phi) is 5.31. The first kappa shape index (κ1) is 14.2. The van der Waals surface area contributed by atoms with Crippen molar-refractivity contribution in [2.24, 2.45) is 0 Å². The number of hydrogen-bond acceptors (Lipinski definition) is 4. The molecule has 0 amide bonds. The zero-order valence-electron chi connectivity index (χ0n) is 10.1. The van der Waals surface area contributed by atoms with Gasteiger partial charge >= 0.3 is 11.7 Å². The quantitative estimate of drug-likeness (QED) is 0.671. The summed E-state index contributed by atoms with van der Waals surface area (Å²) in [4.78, 5) is 35.3. The minimum Gasteiger partial charge on any atom is -0.477 e. The second-order valence-electron chi connectivity index (χ2n) is 3.77. The number of aromatic carboxylic acids is 1. The van der Waals surface area contributed by atoms with Gasteiger partial charge in [0.05, 0.1) is 13.2 Å². The third-order valence-electron chi connectivity index (χ3n) is 2.36. The van der Waals surface area contributed by atoms with Gasteiger partial charge in [-0.2, -0.15) is 0 Å². The van der Waals surface area contributed by atoms with Crippen molar-refractivity contribution in [3.8, 4) is 0 Å². The molecule has 2 N–H and O–H groups in total. The van der Waals surface area contributed by atoms with Crippen molar-refractivity contribution in [2.45, 2.75) is 26.3 Å². The van der Waals surface area contributed by atoms with Crippen molar-refractivity contribution in [3.05, 3.63) is 32.6 Å². The second-order valence-corrected chi connectivity index (χ2v) is 3.77. The number of carboxylic acid groups (broad SMARTS) is 1. The van der Waals surface area contributed by atoms with Crippen LogP contribution in [0, 0.1) is 0 Å².